The molecule has 0 atom stereocenters. The molecule has 0 radical (unpaired) electrons. The Morgan fingerprint density at radius 3 is 1.64 bits per heavy atom. The molecule has 0 aromatic heterocycles. The van der Waals surface area contributed by atoms with E-state index in [0.29, 0.717) is 11.7 Å². The summed E-state index contributed by atoms with van der Waals surface area (Å²) in [7, 11) is 0. The van der Waals surface area contributed by atoms with E-state index < -0.39 is 0 Å². The predicted octanol–water partition coefficient (Wildman–Crippen LogP) is -1.51. The molecule has 0 unspecified atom stereocenters. The van der Waals surface area contributed by atoms with Crippen molar-refractivity contribution in [2.45, 2.75) is 13.8 Å². The van der Waals surface area contributed by atoms with Gasteiger partial charge in [-0.05, 0) is 13.8 Å². The highest BCUT2D eigenvalue weighted by molar-refractivity contribution is 5.77. The fourth-order valence-electron chi connectivity index (χ4n) is 0.0289. The Kier molecular flexibility index (Phi) is 9.43. The topological polar surface area (TPSA) is 135 Å². The first-order valence-corrected chi connectivity index (χ1v) is 2.73. The highest BCUT2D eigenvalue weighted by Crippen LogP contribution is 1.54. The SMILES string of the molecule is CC(=NN)NO.CC(N)=NN. The van der Waals surface area contributed by atoms with Gasteiger partial charge >= 0.3 is 0 Å². The summed E-state index contributed by atoms with van der Waals surface area (Å²) in [5.74, 6) is 9.99. The Bertz CT molecular complexity index is 138. The predicted molar refractivity (Wildman–Crippen MR) is 43.7 cm³/mol. The van der Waals surface area contributed by atoms with Crippen molar-refractivity contribution in [1.29, 1.82) is 0 Å². The monoisotopic (exact) mass is 162 g/mol. The van der Waals surface area contributed by atoms with Crippen molar-refractivity contribution in [2.75, 3.05) is 0 Å². The van der Waals surface area contributed by atoms with Crippen molar-refractivity contribution in [3.05, 3.63) is 0 Å². The van der Waals surface area contributed by atoms with Crippen molar-refractivity contribution < 1.29 is 5.21 Å². The zero-order valence-corrected chi connectivity index (χ0v) is 6.57. The van der Waals surface area contributed by atoms with Gasteiger partial charge in [-0.2, -0.15) is 10.2 Å². The maximum Gasteiger partial charge on any atom is 0.142 e. The zero-order valence-electron chi connectivity index (χ0n) is 6.57. The third-order valence-corrected chi connectivity index (χ3v) is 0.559. The van der Waals surface area contributed by atoms with Crippen LogP contribution in [0.15, 0.2) is 10.2 Å². The summed E-state index contributed by atoms with van der Waals surface area (Å²) in [4.78, 5) is 0. The van der Waals surface area contributed by atoms with Gasteiger partial charge in [0.1, 0.15) is 11.7 Å². The van der Waals surface area contributed by atoms with Crippen LogP contribution < -0.4 is 22.9 Å². The number of amidine groups is 2. The molecule has 0 aliphatic heterocycles. The summed E-state index contributed by atoms with van der Waals surface area (Å²) >= 11 is 0. The van der Waals surface area contributed by atoms with E-state index in [0.717, 1.165) is 0 Å². The molecule has 66 valence electrons. The van der Waals surface area contributed by atoms with E-state index in [-0.39, 0.29) is 0 Å². The van der Waals surface area contributed by atoms with Crippen LogP contribution in [0.3, 0.4) is 0 Å². The molecule has 0 fully saturated rings. The first kappa shape index (κ1) is 12.2. The summed E-state index contributed by atoms with van der Waals surface area (Å²) in [6, 6.07) is 0. The summed E-state index contributed by atoms with van der Waals surface area (Å²) in [6.07, 6.45) is 0. The minimum atomic E-state index is 0.301. The van der Waals surface area contributed by atoms with Gasteiger partial charge in [-0.3, -0.25) is 10.7 Å². The number of nitrogens with two attached hydrogens (primary N) is 3. The third-order valence-electron chi connectivity index (χ3n) is 0.559. The van der Waals surface area contributed by atoms with Gasteiger partial charge in [-0.15, -0.1) is 0 Å². The van der Waals surface area contributed by atoms with Gasteiger partial charge in [0.25, 0.3) is 0 Å². The molecule has 0 saturated heterocycles. The molecule has 0 aliphatic rings. The molecule has 0 rings (SSSR count). The van der Waals surface area contributed by atoms with E-state index in [2.05, 4.69) is 21.9 Å². The Labute approximate surface area is 64.9 Å². The van der Waals surface area contributed by atoms with Crippen LogP contribution in [-0.4, -0.2) is 16.9 Å². The average molecular weight is 162 g/mol. The van der Waals surface area contributed by atoms with Crippen molar-refractivity contribution >= 4 is 11.7 Å². The maximum absolute atomic E-state index is 7.87. The van der Waals surface area contributed by atoms with Crippen LogP contribution in [0.5, 0.6) is 0 Å². The van der Waals surface area contributed by atoms with Crippen LogP contribution in [0.2, 0.25) is 0 Å². The van der Waals surface area contributed by atoms with E-state index in [4.69, 9.17) is 10.9 Å². The van der Waals surface area contributed by atoms with Gasteiger partial charge in [-0.25, -0.2) is 0 Å². The Balaban J connectivity index is 0. The van der Waals surface area contributed by atoms with Crippen molar-refractivity contribution in [2.24, 2.45) is 27.6 Å². The van der Waals surface area contributed by atoms with E-state index in [1.165, 1.54) is 0 Å². The van der Waals surface area contributed by atoms with Crippen LogP contribution in [0, 0.1) is 0 Å². The molecule has 0 heterocycles. The average Bonchev–Trinajstić information content (AvgIpc) is 2.04. The summed E-state index contributed by atoms with van der Waals surface area (Å²) in [6.45, 7) is 3.17. The Morgan fingerprint density at radius 1 is 1.27 bits per heavy atom. The molecule has 0 spiro atoms. The molecular weight excluding hydrogens is 148 g/mol. The van der Waals surface area contributed by atoms with Crippen molar-refractivity contribution in [3.63, 3.8) is 0 Å². The lowest BCUT2D eigenvalue weighted by molar-refractivity contribution is 0.233. The van der Waals surface area contributed by atoms with Crippen molar-refractivity contribution in [3.8, 4) is 0 Å². The molecule has 0 aromatic rings. The zero-order chi connectivity index (χ0) is 9.28. The normalized spacial score (nSPS) is 11.5. The summed E-state index contributed by atoms with van der Waals surface area (Å²) in [5.41, 5.74) is 6.66. The lowest BCUT2D eigenvalue weighted by Crippen LogP contribution is -2.15. The lowest BCUT2D eigenvalue weighted by Gasteiger charge is -1.87. The van der Waals surface area contributed by atoms with E-state index in [9.17, 15) is 0 Å². The molecule has 0 bridgehead atoms. The van der Waals surface area contributed by atoms with Gasteiger partial charge in [0.2, 0.25) is 0 Å². The number of rotatable bonds is 0. The standard InChI is InChI=1S/C2H7N3O.C2H7N3/c1-2(4-3)5-6;1-2(3)5-4/h6H,3H2,1H3,(H,4,5);4H2,1H3,(H2,3,5). The first-order valence-electron chi connectivity index (χ1n) is 2.73. The number of nitrogens with zero attached hydrogens (tertiary/aromatic N) is 2. The number of hydrogen-bond donors (Lipinski definition) is 5. The summed E-state index contributed by atoms with van der Waals surface area (Å²) in [5, 5.41) is 14.0. The molecule has 8 N–H and O–H groups in total. The highest BCUT2D eigenvalue weighted by atomic mass is 16.5. The van der Waals surface area contributed by atoms with E-state index in [1.54, 1.807) is 19.3 Å². The van der Waals surface area contributed by atoms with Crippen LogP contribution >= 0.6 is 0 Å². The van der Waals surface area contributed by atoms with E-state index in [1.807, 2.05) is 0 Å². The van der Waals surface area contributed by atoms with Crippen LogP contribution in [0.1, 0.15) is 13.8 Å². The number of hydrogen-bond acceptors (Lipinski definition) is 5. The quantitative estimate of drug-likeness (QED) is 0.128. The highest BCUT2D eigenvalue weighted by Gasteiger charge is 1.74. The number of hydrazone groups is 2. The van der Waals surface area contributed by atoms with Crippen LogP contribution in [0.4, 0.5) is 0 Å². The van der Waals surface area contributed by atoms with Crippen molar-refractivity contribution in [1.82, 2.24) is 5.48 Å². The van der Waals surface area contributed by atoms with Gasteiger partial charge in [-0.1, -0.05) is 0 Å². The van der Waals surface area contributed by atoms with E-state index >= 15 is 0 Å². The molecule has 7 heteroatoms. The minimum absolute atomic E-state index is 0.301. The molecule has 0 aliphatic carbocycles. The second kappa shape index (κ2) is 8.50. The third kappa shape index (κ3) is 17.7. The first-order chi connectivity index (χ1) is 5.08. The summed E-state index contributed by atoms with van der Waals surface area (Å²) < 4.78 is 0. The number of hydroxylamine groups is 1. The van der Waals surface area contributed by atoms with Gasteiger partial charge < -0.3 is 17.4 Å². The van der Waals surface area contributed by atoms with Crippen LogP contribution in [0.25, 0.3) is 0 Å². The Hall–Kier alpha value is -1.50. The largest absolute Gasteiger partial charge is 0.386 e. The molecular formula is C4H14N6O. The van der Waals surface area contributed by atoms with Gasteiger partial charge in [0.05, 0.1) is 0 Å². The minimum Gasteiger partial charge on any atom is -0.386 e. The molecule has 0 aromatic carbocycles. The van der Waals surface area contributed by atoms with Crippen LogP contribution in [-0.2, 0) is 0 Å². The maximum atomic E-state index is 7.87. The molecule has 7 nitrogen and oxygen atoms in total. The van der Waals surface area contributed by atoms with Gasteiger partial charge in [0, 0.05) is 0 Å². The molecule has 0 amide bonds. The second-order valence-corrected chi connectivity index (χ2v) is 1.60. The number of nitrogens with one attached hydrogen (secondary N) is 1. The smallest absolute Gasteiger partial charge is 0.142 e. The molecule has 0 saturated carbocycles. The second-order valence-electron chi connectivity index (χ2n) is 1.60. The van der Waals surface area contributed by atoms with Gasteiger partial charge in [0.15, 0.2) is 0 Å². The Morgan fingerprint density at radius 2 is 1.64 bits per heavy atom. The lowest BCUT2D eigenvalue weighted by atomic mass is 10.7. The fraction of sp³-hybridized carbons (Fsp3) is 0.500. The molecule has 11 heavy (non-hydrogen) atoms. The fourth-order valence-corrected chi connectivity index (χ4v) is 0.0289.